The van der Waals surface area contributed by atoms with Gasteiger partial charge in [0, 0.05) is 5.56 Å². The van der Waals surface area contributed by atoms with E-state index in [1.807, 2.05) is 24.3 Å². The zero-order valence-corrected chi connectivity index (χ0v) is 15.4. The molecule has 0 N–H and O–H groups in total. The SMILES string of the molecule is CCC(C(=O)c1ccc(CO[Si](C)(C)C)cc1)N1CCCC1. The van der Waals surface area contributed by atoms with E-state index in [9.17, 15) is 4.79 Å². The van der Waals surface area contributed by atoms with Crippen molar-refractivity contribution in [3.8, 4) is 0 Å². The van der Waals surface area contributed by atoms with Crippen LogP contribution in [0.2, 0.25) is 19.6 Å². The lowest BCUT2D eigenvalue weighted by Gasteiger charge is -2.25. The summed E-state index contributed by atoms with van der Waals surface area (Å²) < 4.78 is 5.91. The molecule has 1 fully saturated rings. The molecule has 0 amide bonds. The number of benzene rings is 1. The third-order valence-corrected chi connectivity index (χ3v) is 5.19. The fourth-order valence-corrected chi connectivity index (χ4v) is 3.52. The maximum absolute atomic E-state index is 12.7. The average molecular weight is 320 g/mol. The lowest BCUT2D eigenvalue weighted by molar-refractivity contribution is 0.0844. The van der Waals surface area contributed by atoms with E-state index in [4.69, 9.17) is 4.43 Å². The number of carbonyl (C=O) groups excluding carboxylic acids is 1. The zero-order valence-electron chi connectivity index (χ0n) is 14.4. The highest BCUT2D eigenvalue weighted by molar-refractivity contribution is 6.69. The standard InChI is InChI=1S/C18H29NO2Si/c1-5-17(19-12-6-7-13-19)18(20)16-10-8-15(9-11-16)14-21-22(2,3)4/h8-11,17H,5-7,12-14H2,1-4H3. The molecular weight excluding hydrogens is 290 g/mol. The van der Waals surface area contributed by atoms with Crippen molar-refractivity contribution >= 4 is 14.1 Å². The summed E-state index contributed by atoms with van der Waals surface area (Å²) in [4.78, 5) is 15.1. The Morgan fingerprint density at radius 2 is 1.77 bits per heavy atom. The smallest absolute Gasteiger partial charge is 0.184 e. The van der Waals surface area contributed by atoms with E-state index in [2.05, 4.69) is 31.5 Å². The second-order valence-corrected chi connectivity index (χ2v) is 11.6. The third kappa shape index (κ3) is 4.76. The molecular formula is C18H29NO2Si. The molecule has 1 aliphatic rings. The molecule has 0 spiro atoms. The van der Waals surface area contributed by atoms with Gasteiger partial charge in [-0.05, 0) is 57.6 Å². The van der Waals surface area contributed by atoms with Gasteiger partial charge in [0.15, 0.2) is 14.1 Å². The van der Waals surface area contributed by atoms with Crippen LogP contribution in [-0.4, -0.2) is 38.1 Å². The second kappa shape index (κ2) is 7.53. The van der Waals surface area contributed by atoms with Crippen molar-refractivity contribution in [2.45, 2.75) is 58.5 Å². The van der Waals surface area contributed by atoms with Gasteiger partial charge in [0.2, 0.25) is 0 Å². The van der Waals surface area contributed by atoms with Crippen molar-refractivity contribution in [3.63, 3.8) is 0 Å². The summed E-state index contributed by atoms with van der Waals surface area (Å²) in [6.45, 7) is 11.4. The number of rotatable bonds is 7. The third-order valence-electron chi connectivity index (χ3n) is 4.18. The molecule has 0 aliphatic carbocycles. The summed E-state index contributed by atoms with van der Waals surface area (Å²) in [5.41, 5.74) is 1.98. The number of ketones is 1. The minimum atomic E-state index is -1.49. The largest absolute Gasteiger partial charge is 0.413 e. The first-order chi connectivity index (χ1) is 10.4. The van der Waals surface area contributed by atoms with Crippen molar-refractivity contribution in [1.29, 1.82) is 0 Å². The highest BCUT2D eigenvalue weighted by Gasteiger charge is 2.27. The molecule has 1 heterocycles. The van der Waals surface area contributed by atoms with Crippen LogP contribution in [0.5, 0.6) is 0 Å². The van der Waals surface area contributed by atoms with Gasteiger partial charge in [-0.15, -0.1) is 0 Å². The van der Waals surface area contributed by atoms with Crippen LogP contribution in [0.15, 0.2) is 24.3 Å². The zero-order chi connectivity index (χ0) is 16.2. The van der Waals surface area contributed by atoms with Crippen LogP contribution in [-0.2, 0) is 11.0 Å². The fourth-order valence-electron chi connectivity index (χ4n) is 2.92. The first-order valence-electron chi connectivity index (χ1n) is 8.42. The van der Waals surface area contributed by atoms with Gasteiger partial charge < -0.3 is 4.43 Å². The minimum absolute atomic E-state index is 0.0478. The molecule has 1 aliphatic heterocycles. The highest BCUT2D eigenvalue weighted by atomic mass is 28.4. The maximum atomic E-state index is 12.7. The summed E-state index contributed by atoms with van der Waals surface area (Å²) >= 11 is 0. The van der Waals surface area contributed by atoms with E-state index in [1.165, 1.54) is 12.8 Å². The Kier molecular flexibility index (Phi) is 5.95. The maximum Gasteiger partial charge on any atom is 0.184 e. The topological polar surface area (TPSA) is 29.5 Å². The molecule has 3 nitrogen and oxygen atoms in total. The van der Waals surface area contributed by atoms with Gasteiger partial charge in [-0.2, -0.15) is 0 Å². The molecule has 0 bridgehead atoms. The van der Waals surface area contributed by atoms with Crippen LogP contribution in [0.25, 0.3) is 0 Å². The molecule has 1 aromatic rings. The lowest BCUT2D eigenvalue weighted by atomic mass is 10.00. The van der Waals surface area contributed by atoms with Crippen LogP contribution in [0.4, 0.5) is 0 Å². The number of hydrogen-bond donors (Lipinski definition) is 0. The van der Waals surface area contributed by atoms with E-state index in [0.717, 1.165) is 30.6 Å². The monoisotopic (exact) mass is 319 g/mol. The van der Waals surface area contributed by atoms with Gasteiger partial charge in [-0.25, -0.2) is 0 Å². The van der Waals surface area contributed by atoms with Gasteiger partial charge in [-0.1, -0.05) is 31.2 Å². The van der Waals surface area contributed by atoms with Crippen molar-refractivity contribution in [3.05, 3.63) is 35.4 Å². The Morgan fingerprint density at radius 1 is 1.18 bits per heavy atom. The molecule has 2 rings (SSSR count). The molecule has 4 heteroatoms. The summed E-state index contributed by atoms with van der Waals surface area (Å²) in [6, 6.07) is 8.04. The summed E-state index contributed by atoms with van der Waals surface area (Å²) in [5, 5.41) is 0. The quantitative estimate of drug-likeness (QED) is 0.560. The summed E-state index contributed by atoms with van der Waals surface area (Å²) in [5.74, 6) is 0.266. The number of Topliss-reactive ketones (excluding diaryl/α,β-unsaturated/α-hetero) is 1. The van der Waals surface area contributed by atoms with Gasteiger partial charge in [-0.3, -0.25) is 9.69 Å². The predicted molar refractivity (Wildman–Crippen MR) is 93.8 cm³/mol. The Bertz CT molecular complexity index is 487. The Hall–Kier alpha value is -0.973. The van der Waals surface area contributed by atoms with Crippen molar-refractivity contribution in [1.82, 2.24) is 4.90 Å². The van der Waals surface area contributed by atoms with Crippen molar-refractivity contribution in [2.24, 2.45) is 0 Å². The van der Waals surface area contributed by atoms with Gasteiger partial charge >= 0.3 is 0 Å². The fraction of sp³-hybridized carbons (Fsp3) is 0.611. The van der Waals surface area contributed by atoms with Gasteiger partial charge in [0.1, 0.15) is 0 Å². The highest BCUT2D eigenvalue weighted by Crippen LogP contribution is 2.19. The summed E-state index contributed by atoms with van der Waals surface area (Å²) in [7, 11) is -1.49. The first-order valence-corrected chi connectivity index (χ1v) is 11.8. The molecule has 1 atom stereocenters. The molecule has 1 aromatic carbocycles. The van der Waals surface area contributed by atoms with Crippen molar-refractivity contribution in [2.75, 3.05) is 13.1 Å². The van der Waals surface area contributed by atoms with Crippen LogP contribution in [0.3, 0.4) is 0 Å². The van der Waals surface area contributed by atoms with Crippen molar-refractivity contribution < 1.29 is 9.22 Å². The molecule has 1 unspecified atom stereocenters. The molecule has 0 aromatic heterocycles. The molecule has 1 saturated heterocycles. The van der Waals surface area contributed by atoms with Gasteiger partial charge in [0.05, 0.1) is 12.6 Å². The van der Waals surface area contributed by atoms with Crippen LogP contribution in [0, 0.1) is 0 Å². The molecule has 0 saturated carbocycles. The number of nitrogens with zero attached hydrogens (tertiary/aromatic N) is 1. The summed E-state index contributed by atoms with van der Waals surface area (Å²) in [6.07, 6.45) is 3.33. The average Bonchev–Trinajstić information content (AvgIpc) is 2.99. The minimum Gasteiger partial charge on any atom is -0.413 e. The Balaban J connectivity index is 2.00. The normalized spacial score (nSPS) is 17.6. The molecule has 0 radical (unpaired) electrons. The predicted octanol–water partition coefficient (Wildman–Crippen LogP) is 4.10. The van der Waals surface area contributed by atoms with Crippen LogP contribution < -0.4 is 0 Å². The van der Waals surface area contributed by atoms with E-state index in [1.54, 1.807) is 0 Å². The lowest BCUT2D eigenvalue weighted by Crippen LogP contribution is -2.38. The molecule has 122 valence electrons. The van der Waals surface area contributed by atoms with E-state index < -0.39 is 8.32 Å². The number of carbonyl (C=O) groups is 1. The van der Waals surface area contributed by atoms with E-state index >= 15 is 0 Å². The van der Waals surface area contributed by atoms with Gasteiger partial charge in [0.25, 0.3) is 0 Å². The second-order valence-electron chi connectivity index (χ2n) is 7.13. The van der Waals surface area contributed by atoms with E-state index in [-0.39, 0.29) is 11.8 Å². The molecule has 22 heavy (non-hydrogen) atoms. The Labute approximate surface area is 135 Å². The van der Waals surface area contributed by atoms with Crippen LogP contribution in [0.1, 0.15) is 42.1 Å². The first kappa shape index (κ1) is 17.4. The Morgan fingerprint density at radius 3 is 2.27 bits per heavy atom. The van der Waals surface area contributed by atoms with Crippen LogP contribution >= 0.6 is 0 Å². The van der Waals surface area contributed by atoms with E-state index in [0.29, 0.717) is 6.61 Å². The number of hydrogen-bond acceptors (Lipinski definition) is 3. The number of likely N-dealkylation sites (tertiary alicyclic amines) is 1.